The molecule has 1 aromatic carbocycles. The molecule has 1 aliphatic carbocycles. The molecule has 1 fully saturated rings. The molecule has 1 aliphatic rings. The van der Waals surface area contributed by atoms with Gasteiger partial charge in [0.2, 0.25) is 0 Å². The molecule has 1 saturated carbocycles. The van der Waals surface area contributed by atoms with Gasteiger partial charge in [0, 0.05) is 0 Å². The Hall–Kier alpha value is -1.51. The molecule has 0 heterocycles. The van der Waals surface area contributed by atoms with Crippen molar-refractivity contribution in [2.24, 2.45) is 5.92 Å². The van der Waals surface area contributed by atoms with Crippen molar-refractivity contribution in [3.63, 3.8) is 0 Å². The van der Waals surface area contributed by atoms with E-state index < -0.39 is 0 Å². The third-order valence-electron chi connectivity index (χ3n) is 3.53. The van der Waals surface area contributed by atoms with Gasteiger partial charge in [-0.3, -0.25) is 4.79 Å². The van der Waals surface area contributed by atoms with E-state index in [1.54, 1.807) is 13.2 Å². The Morgan fingerprint density at radius 2 is 2.17 bits per heavy atom. The minimum atomic E-state index is 0.237. The normalized spacial score (nSPS) is 23.4. The molecular formula is C15H20O3. The summed E-state index contributed by atoms with van der Waals surface area (Å²) in [6.45, 7) is 2.25. The highest BCUT2D eigenvalue weighted by Gasteiger charge is 2.21. The molecule has 3 heteroatoms. The molecule has 1 aromatic rings. The van der Waals surface area contributed by atoms with Crippen LogP contribution in [0.15, 0.2) is 18.2 Å². The molecule has 0 aromatic heterocycles. The van der Waals surface area contributed by atoms with Crippen LogP contribution in [0, 0.1) is 5.92 Å². The molecule has 3 nitrogen and oxygen atoms in total. The monoisotopic (exact) mass is 248 g/mol. The summed E-state index contributed by atoms with van der Waals surface area (Å²) in [5.41, 5.74) is 0.563. The lowest BCUT2D eigenvalue weighted by Crippen LogP contribution is -2.24. The van der Waals surface area contributed by atoms with E-state index in [0.29, 0.717) is 23.0 Å². The molecule has 18 heavy (non-hydrogen) atoms. The van der Waals surface area contributed by atoms with Crippen LogP contribution in [-0.4, -0.2) is 19.5 Å². The molecule has 0 amide bonds. The molecule has 0 aliphatic heterocycles. The average molecular weight is 248 g/mol. The Balaban J connectivity index is 2.10. The quantitative estimate of drug-likeness (QED) is 0.765. The molecular weight excluding hydrogens is 228 g/mol. The fourth-order valence-electron chi connectivity index (χ4n) is 2.52. The third-order valence-corrected chi connectivity index (χ3v) is 3.53. The first-order chi connectivity index (χ1) is 8.72. The number of carbonyl (C=O) groups is 1. The fraction of sp³-hybridized carbons (Fsp3) is 0.533. The van der Waals surface area contributed by atoms with Crippen LogP contribution in [0.4, 0.5) is 0 Å². The number of methoxy groups -OCH3 is 1. The van der Waals surface area contributed by atoms with Crippen molar-refractivity contribution in [1.82, 2.24) is 0 Å². The highest BCUT2D eigenvalue weighted by molar-refractivity contribution is 5.80. The predicted octanol–water partition coefficient (Wildman–Crippen LogP) is 3.47. The van der Waals surface area contributed by atoms with E-state index in [4.69, 9.17) is 9.47 Å². The first-order valence-corrected chi connectivity index (χ1v) is 6.52. The summed E-state index contributed by atoms with van der Waals surface area (Å²) in [5, 5.41) is 0. The number of ether oxygens (including phenoxy) is 2. The average Bonchev–Trinajstić information content (AvgIpc) is 2.39. The first kappa shape index (κ1) is 12.9. The van der Waals surface area contributed by atoms with Gasteiger partial charge in [-0.25, -0.2) is 0 Å². The minimum absolute atomic E-state index is 0.237. The van der Waals surface area contributed by atoms with Gasteiger partial charge in [0.05, 0.1) is 18.8 Å². The summed E-state index contributed by atoms with van der Waals surface area (Å²) in [6.07, 6.45) is 5.70. The van der Waals surface area contributed by atoms with E-state index in [2.05, 4.69) is 6.92 Å². The fourth-order valence-corrected chi connectivity index (χ4v) is 2.52. The molecule has 2 unspecified atom stereocenters. The van der Waals surface area contributed by atoms with Crippen LogP contribution >= 0.6 is 0 Å². The topological polar surface area (TPSA) is 35.5 Å². The van der Waals surface area contributed by atoms with E-state index >= 15 is 0 Å². The van der Waals surface area contributed by atoms with Crippen molar-refractivity contribution in [2.75, 3.05) is 7.11 Å². The third kappa shape index (κ3) is 3.03. The van der Waals surface area contributed by atoms with Gasteiger partial charge in [-0.05, 0) is 43.4 Å². The summed E-state index contributed by atoms with van der Waals surface area (Å²) in [7, 11) is 1.59. The van der Waals surface area contributed by atoms with Crippen molar-refractivity contribution >= 4 is 6.29 Å². The van der Waals surface area contributed by atoms with Crippen molar-refractivity contribution in [1.29, 1.82) is 0 Å². The maximum absolute atomic E-state index is 11.1. The van der Waals surface area contributed by atoms with Crippen LogP contribution in [0.5, 0.6) is 11.5 Å². The maximum atomic E-state index is 11.1. The number of aldehydes is 1. The van der Waals surface area contributed by atoms with Gasteiger partial charge in [0.1, 0.15) is 11.5 Å². The second kappa shape index (κ2) is 5.89. The predicted molar refractivity (Wildman–Crippen MR) is 70.4 cm³/mol. The van der Waals surface area contributed by atoms with Crippen LogP contribution < -0.4 is 9.47 Å². The largest absolute Gasteiger partial charge is 0.497 e. The number of carbonyl (C=O) groups excluding carboxylic acids is 1. The van der Waals surface area contributed by atoms with Crippen molar-refractivity contribution in [3.8, 4) is 11.5 Å². The Labute approximate surface area is 108 Å². The van der Waals surface area contributed by atoms with E-state index in [9.17, 15) is 4.79 Å². The lowest BCUT2D eigenvalue weighted by atomic mass is 9.88. The summed E-state index contributed by atoms with van der Waals surface area (Å²) in [6, 6.07) is 5.37. The molecule has 0 radical (unpaired) electrons. The molecule has 2 rings (SSSR count). The summed E-state index contributed by atoms with van der Waals surface area (Å²) >= 11 is 0. The Morgan fingerprint density at radius 1 is 1.33 bits per heavy atom. The van der Waals surface area contributed by atoms with Crippen molar-refractivity contribution in [3.05, 3.63) is 23.8 Å². The standard InChI is InChI=1S/C15H20O3/c1-11-4-3-5-14(8-11)18-15-7-6-13(17-2)9-12(15)10-16/h6-7,9-11,14H,3-5,8H2,1-2H3. The number of hydrogen-bond acceptors (Lipinski definition) is 3. The van der Waals surface area contributed by atoms with E-state index in [-0.39, 0.29) is 6.10 Å². The van der Waals surface area contributed by atoms with Gasteiger partial charge in [-0.1, -0.05) is 13.3 Å². The zero-order valence-electron chi connectivity index (χ0n) is 11.0. The second-order valence-electron chi connectivity index (χ2n) is 5.03. The lowest BCUT2D eigenvalue weighted by molar-refractivity contribution is 0.109. The summed E-state index contributed by atoms with van der Waals surface area (Å²) in [5.74, 6) is 2.06. The van der Waals surface area contributed by atoms with Gasteiger partial charge < -0.3 is 9.47 Å². The smallest absolute Gasteiger partial charge is 0.153 e. The van der Waals surface area contributed by atoms with Gasteiger partial charge in [0.15, 0.2) is 6.29 Å². The van der Waals surface area contributed by atoms with Gasteiger partial charge in [0.25, 0.3) is 0 Å². The highest BCUT2D eigenvalue weighted by Crippen LogP contribution is 2.30. The van der Waals surface area contributed by atoms with Crippen molar-refractivity contribution < 1.29 is 14.3 Å². The summed E-state index contributed by atoms with van der Waals surface area (Å²) in [4.78, 5) is 11.1. The zero-order valence-corrected chi connectivity index (χ0v) is 11.0. The van der Waals surface area contributed by atoms with Crippen LogP contribution in [-0.2, 0) is 0 Å². The zero-order chi connectivity index (χ0) is 13.0. The summed E-state index contributed by atoms with van der Waals surface area (Å²) < 4.78 is 11.1. The van der Waals surface area contributed by atoms with Gasteiger partial charge in [-0.2, -0.15) is 0 Å². The van der Waals surface area contributed by atoms with Crippen LogP contribution in [0.1, 0.15) is 43.0 Å². The molecule has 0 N–H and O–H groups in total. The number of benzene rings is 1. The van der Waals surface area contributed by atoms with E-state index in [1.165, 1.54) is 12.8 Å². The van der Waals surface area contributed by atoms with Crippen LogP contribution in [0.2, 0.25) is 0 Å². The molecule has 0 spiro atoms. The van der Waals surface area contributed by atoms with Gasteiger partial charge >= 0.3 is 0 Å². The highest BCUT2D eigenvalue weighted by atomic mass is 16.5. The van der Waals surface area contributed by atoms with Crippen LogP contribution in [0.25, 0.3) is 0 Å². The number of rotatable bonds is 4. The maximum Gasteiger partial charge on any atom is 0.153 e. The molecule has 2 atom stereocenters. The van der Waals surface area contributed by atoms with Gasteiger partial charge in [-0.15, -0.1) is 0 Å². The van der Waals surface area contributed by atoms with E-state index in [0.717, 1.165) is 19.1 Å². The second-order valence-corrected chi connectivity index (χ2v) is 5.03. The lowest BCUT2D eigenvalue weighted by Gasteiger charge is -2.27. The molecule has 0 bridgehead atoms. The Morgan fingerprint density at radius 3 is 2.83 bits per heavy atom. The van der Waals surface area contributed by atoms with Crippen molar-refractivity contribution in [2.45, 2.75) is 38.7 Å². The molecule has 98 valence electrons. The van der Waals surface area contributed by atoms with E-state index in [1.807, 2.05) is 12.1 Å². The van der Waals surface area contributed by atoms with Crippen LogP contribution in [0.3, 0.4) is 0 Å². The minimum Gasteiger partial charge on any atom is -0.497 e. The Kier molecular flexibility index (Phi) is 4.24. The number of hydrogen-bond donors (Lipinski definition) is 0. The first-order valence-electron chi connectivity index (χ1n) is 6.52. The SMILES string of the molecule is COc1ccc(OC2CCCC(C)C2)c(C=O)c1. The molecule has 0 saturated heterocycles. The Bertz CT molecular complexity index is 414.